The zero-order valence-electron chi connectivity index (χ0n) is 11.1. The first-order valence-corrected chi connectivity index (χ1v) is 6.47. The molecule has 1 heterocycles. The van der Waals surface area contributed by atoms with E-state index in [1.54, 1.807) is 0 Å². The molecule has 104 valence electrons. The Bertz CT molecular complexity index is 292. The molecule has 0 aromatic heterocycles. The topological polar surface area (TPSA) is 84.6 Å². The first-order chi connectivity index (χ1) is 8.50. The van der Waals surface area contributed by atoms with Crippen LogP contribution in [0.2, 0.25) is 0 Å². The summed E-state index contributed by atoms with van der Waals surface area (Å²) in [5, 5.41) is 12.7. The van der Waals surface area contributed by atoms with E-state index in [0.29, 0.717) is 25.4 Å². The fraction of sp³-hybridized carbons (Fsp3) is 0.769. The molecule has 1 aliphatic rings. The Labute approximate surface area is 108 Å². The van der Waals surface area contributed by atoms with Crippen molar-refractivity contribution >= 4 is 5.91 Å². The van der Waals surface area contributed by atoms with E-state index in [1.807, 2.05) is 26.0 Å². The number of amides is 1. The highest BCUT2D eigenvalue weighted by Gasteiger charge is 2.24. The highest BCUT2D eigenvalue weighted by Crippen LogP contribution is 2.07. The van der Waals surface area contributed by atoms with Crippen LogP contribution in [0, 0.1) is 5.92 Å². The monoisotopic (exact) mass is 256 g/mol. The standard InChI is InChI=1S/C13H24N2O3/c1-9(2)7-10(14)13(17)15-11-5-3-4-6-18-8-12(11)16/h3-4,9-12,16H,5-8,14H2,1-2H3,(H,15,17)/b4-3-/t10-,11?,12?/m0/s1. The van der Waals surface area contributed by atoms with E-state index in [0.717, 1.165) is 0 Å². The average molecular weight is 256 g/mol. The second kappa shape index (κ2) is 7.51. The molecule has 0 aliphatic carbocycles. The molecule has 0 aromatic carbocycles. The summed E-state index contributed by atoms with van der Waals surface area (Å²) >= 11 is 0. The fourth-order valence-corrected chi connectivity index (χ4v) is 1.90. The maximum atomic E-state index is 11.9. The van der Waals surface area contributed by atoms with Crippen molar-refractivity contribution in [3.63, 3.8) is 0 Å². The van der Waals surface area contributed by atoms with Gasteiger partial charge in [0.2, 0.25) is 5.91 Å². The number of ether oxygens (including phenoxy) is 1. The lowest BCUT2D eigenvalue weighted by atomic mass is 10.0. The van der Waals surface area contributed by atoms with E-state index in [1.165, 1.54) is 0 Å². The van der Waals surface area contributed by atoms with Crippen molar-refractivity contribution in [3.05, 3.63) is 12.2 Å². The Morgan fingerprint density at radius 1 is 1.56 bits per heavy atom. The van der Waals surface area contributed by atoms with Gasteiger partial charge in [0.05, 0.1) is 31.4 Å². The molecule has 1 aliphatic heterocycles. The third-order valence-corrected chi connectivity index (χ3v) is 2.91. The van der Waals surface area contributed by atoms with Gasteiger partial charge in [0.15, 0.2) is 0 Å². The van der Waals surface area contributed by atoms with Gasteiger partial charge < -0.3 is 20.9 Å². The number of nitrogens with two attached hydrogens (primary N) is 1. The minimum absolute atomic E-state index is 0.207. The zero-order valence-corrected chi connectivity index (χ0v) is 11.1. The maximum Gasteiger partial charge on any atom is 0.237 e. The van der Waals surface area contributed by atoms with Crippen molar-refractivity contribution in [1.29, 1.82) is 0 Å². The van der Waals surface area contributed by atoms with Crippen LogP contribution in [-0.4, -0.2) is 42.4 Å². The lowest BCUT2D eigenvalue weighted by molar-refractivity contribution is -0.124. The van der Waals surface area contributed by atoms with Gasteiger partial charge in [-0.05, 0) is 18.8 Å². The van der Waals surface area contributed by atoms with Crippen molar-refractivity contribution in [2.75, 3.05) is 13.2 Å². The maximum absolute atomic E-state index is 11.9. The van der Waals surface area contributed by atoms with E-state index >= 15 is 0 Å². The number of carbonyl (C=O) groups excluding carboxylic acids is 1. The quantitative estimate of drug-likeness (QED) is 0.627. The van der Waals surface area contributed by atoms with Gasteiger partial charge >= 0.3 is 0 Å². The van der Waals surface area contributed by atoms with Crippen molar-refractivity contribution in [1.82, 2.24) is 5.32 Å². The Morgan fingerprint density at radius 3 is 2.94 bits per heavy atom. The number of hydrogen-bond acceptors (Lipinski definition) is 4. The zero-order chi connectivity index (χ0) is 13.5. The summed E-state index contributed by atoms with van der Waals surface area (Å²) < 4.78 is 5.20. The van der Waals surface area contributed by atoms with Crippen LogP contribution < -0.4 is 11.1 Å². The number of hydrogen-bond donors (Lipinski definition) is 3. The number of nitrogens with one attached hydrogen (secondary N) is 1. The van der Waals surface area contributed by atoms with Gasteiger partial charge in [-0.1, -0.05) is 26.0 Å². The SMILES string of the molecule is CC(C)C[C@H](N)C(=O)NC1C/C=C\COCC1O. The molecule has 0 radical (unpaired) electrons. The molecule has 0 fully saturated rings. The van der Waals surface area contributed by atoms with Gasteiger partial charge in [-0.2, -0.15) is 0 Å². The molecule has 1 amide bonds. The lowest BCUT2D eigenvalue weighted by Gasteiger charge is -2.26. The van der Waals surface area contributed by atoms with Crippen LogP contribution in [0.15, 0.2) is 12.2 Å². The smallest absolute Gasteiger partial charge is 0.237 e. The van der Waals surface area contributed by atoms with Crippen LogP contribution in [0.3, 0.4) is 0 Å². The van der Waals surface area contributed by atoms with Gasteiger partial charge in [-0.15, -0.1) is 0 Å². The second-order valence-corrected chi connectivity index (χ2v) is 5.16. The van der Waals surface area contributed by atoms with Gasteiger partial charge in [0, 0.05) is 0 Å². The van der Waals surface area contributed by atoms with Crippen molar-refractivity contribution in [3.8, 4) is 0 Å². The van der Waals surface area contributed by atoms with Gasteiger partial charge in [0.25, 0.3) is 0 Å². The lowest BCUT2D eigenvalue weighted by Crippen LogP contribution is -2.51. The molecule has 0 spiro atoms. The molecule has 1 rings (SSSR count). The van der Waals surface area contributed by atoms with Gasteiger partial charge in [-0.3, -0.25) is 4.79 Å². The minimum Gasteiger partial charge on any atom is -0.389 e. The largest absolute Gasteiger partial charge is 0.389 e. The highest BCUT2D eigenvalue weighted by molar-refractivity contribution is 5.81. The second-order valence-electron chi connectivity index (χ2n) is 5.16. The molecule has 0 bridgehead atoms. The molecule has 0 saturated carbocycles. The minimum atomic E-state index is -0.690. The molecule has 0 saturated heterocycles. The van der Waals surface area contributed by atoms with Crippen LogP contribution in [-0.2, 0) is 9.53 Å². The Hall–Kier alpha value is -0.910. The molecule has 5 nitrogen and oxygen atoms in total. The normalized spacial score (nSPS) is 28.3. The molecule has 5 heteroatoms. The first-order valence-electron chi connectivity index (χ1n) is 6.47. The summed E-state index contributed by atoms with van der Waals surface area (Å²) in [5.41, 5.74) is 5.81. The summed E-state index contributed by atoms with van der Waals surface area (Å²) in [6.45, 7) is 4.78. The van der Waals surface area contributed by atoms with Crippen molar-refractivity contribution in [2.45, 2.75) is 44.9 Å². The fourth-order valence-electron chi connectivity index (χ4n) is 1.90. The summed E-state index contributed by atoms with van der Waals surface area (Å²) in [7, 11) is 0. The number of aliphatic hydroxyl groups excluding tert-OH is 1. The summed E-state index contributed by atoms with van der Waals surface area (Å²) in [5.74, 6) is 0.165. The predicted molar refractivity (Wildman–Crippen MR) is 69.9 cm³/mol. The molecule has 4 N–H and O–H groups in total. The van der Waals surface area contributed by atoms with Crippen LogP contribution >= 0.6 is 0 Å². The molecular weight excluding hydrogens is 232 g/mol. The van der Waals surface area contributed by atoms with E-state index in [2.05, 4.69) is 5.32 Å². The molecule has 18 heavy (non-hydrogen) atoms. The van der Waals surface area contributed by atoms with Crippen molar-refractivity contribution < 1.29 is 14.6 Å². The van der Waals surface area contributed by atoms with Crippen LogP contribution in [0.4, 0.5) is 0 Å². The summed E-state index contributed by atoms with van der Waals surface area (Å²) in [6, 6.07) is -0.847. The van der Waals surface area contributed by atoms with Crippen LogP contribution in [0.1, 0.15) is 26.7 Å². The third-order valence-electron chi connectivity index (χ3n) is 2.91. The third kappa shape index (κ3) is 5.16. The summed E-state index contributed by atoms with van der Waals surface area (Å²) in [4.78, 5) is 11.9. The van der Waals surface area contributed by atoms with Gasteiger partial charge in [0.1, 0.15) is 0 Å². The van der Waals surface area contributed by atoms with Crippen LogP contribution in [0.5, 0.6) is 0 Å². The van der Waals surface area contributed by atoms with E-state index in [4.69, 9.17) is 10.5 Å². The van der Waals surface area contributed by atoms with Crippen LogP contribution in [0.25, 0.3) is 0 Å². The van der Waals surface area contributed by atoms with E-state index < -0.39 is 12.1 Å². The molecular formula is C13H24N2O3. The molecule has 0 aromatic rings. The number of aliphatic hydroxyl groups is 1. The Balaban J connectivity index is 2.50. The summed E-state index contributed by atoms with van der Waals surface area (Å²) in [6.07, 6.45) is 4.34. The van der Waals surface area contributed by atoms with Crippen molar-refractivity contribution in [2.24, 2.45) is 11.7 Å². The van der Waals surface area contributed by atoms with Gasteiger partial charge in [-0.25, -0.2) is 0 Å². The van der Waals surface area contributed by atoms with E-state index in [9.17, 15) is 9.90 Å². The first kappa shape index (κ1) is 15.1. The Morgan fingerprint density at radius 2 is 2.28 bits per heavy atom. The van der Waals surface area contributed by atoms with E-state index in [-0.39, 0.29) is 18.6 Å². The number of rotatable bonds is 4. The molecule has 3 atom stereocenters. The molecule has 2 unspecified atom stereocenters. The predicted octanol–water partition coefficient (Wildman–Crippen LogP) is 0.182. The Kier molecular flexibility index (Phi) is 6.32. The number of carbonyl (C=O) groups is 1. The highest BCUT2D eigenvalue weighted by atomic mass is 16.5. The average Bonchev–Trinajstić information content (AvgIpc) is 2.27.